The third-order valence-electron chi connectivity index (χ3n) is 7.76. The number of hydrogen-bond acceptors (Lipinski definition) is 8. The van der Waals surface area contributed by atoms with Crippen LogP contribution in [-0.2, 0) is 9.47 Å². The number of rotatable bonds is 9. The topological polar surface area (TPSA) is 105 Å². The van der Waals surface area contributed by atoms with Crippen molar-refractivity contribution < 1.29 is 19.1 Å². The van der Waals surface area contributed by atoms with E-state index in [1.165, 1.54) is 0 Å². The molecule has 0 spiro atoms. The van der Waals surface area contributed by atoms with Gasteiger partial charge in [-0.15, -0.1) is 5.10 Å². The van der Waals surface area contributed by atoms with E-state index in [0.717, 1.165) is 48.4 Å². The SMILES string of the molecule is CCOC(=O)N1CC=C(c2cccn3nc(Nc4ccc(C(=O)N(CCOC)C5CCN(C)CC5)cc4)nc23)CC1. The quantitative estimate of drug-likeness (QED) is 0.420. The lowest BCUT2D eigenvalue weighted by molar-refractivity contribution is 0.0505. The van der Waals surface area contributed by atoms with Crippen molar-refractivity contribution >= 4 is 34.9 Å². The van der Waals surface area contributed by atoms with Gasteiger partial charge < -0.3 is 29.5 Å². The second-order valence-electron chi connectivity index (χ2n) is 10.5. The van der Waals surface area contributed by atoms with E-state index >= 15 is 0 Å². The Morgan fingerprint density at radius 3 is 2.59 bits per heavy atom. The molecule has 1 saturated heterocycles. The zero-order chi connectivity index (χ0) is 28.8. The molecule has 1 N–H and O–H groups in total. The van der Waals surface area contributed by atoms with Crippen molar-refractivity contribution in [3.63, 3.8) is 0 Å². The third kappa shape index (κ3) is 6.68. The molecule has 0 atom stereocenters. The minimum atomic E-state index is -0.285. The summed E-state index contributed by atoms with van der Waals surface area (Å²) in [4.78, 5) is 36.3. The van der Waals surface area contributed by atoms with Crippen molar-refractivity contribution in [3.8, 4) is 0 Å². The third-order valence-corrected chi connectivity index (χ3v) is 7.76. The average Bonchev–Trinajstić information content (AvgIpc) is 3.41. The number of amides is 2. The van der Waals surface area contributed by atoms with E-state index in [1.807, 2.05) is 54.4 Å². The van der Waals surface area contributed by atoms with E-state index in [-0.39, 0.29) is 18.0 Å². The number of piperidine rings is 1. The minimum Gasteiger partial charge on any atom is -0.450 e. The molecule has 0 aliphatic carbocycles. The Bertz CT molecular complexity index is 1380. The largest absolute Gasteiger partial charge is 0.450 e. The van der Waals surface area contributed by atoms with Crippen LogP contribution in [0.5, 0.6) is 0 Å². The predicted octanol–water partition coefficient (Wildman–Crippen LogP) is 3.90. The van der Waals surface area contributed by atoms with E-state index in [4.69, 9.17) is 14.5 Å². The fourth-order valence-corrected chi connectivity index (χ4v) is 5.44. The van der Waals surface area contributed by atoms with Crippen LogP contribution in [0.4, 0.5) is 16.4 Å². The Labute approximate surface area is 240 Å². The number of aromatic nitrogens is 3. The highest BCUT2D eigenvalue weighted by Gasteiger charge is 2.27. The number of benzene rings is 1. The van der Waals surface area contributed by atoms with E-state index < -0.39 is 0 Å². The summed E-state index contributed by atoms with van der Waals surface area (Å²) in [6, 6.07) is 11.7. The smallest absolute Gasteiger partial charge is 0.410 e. The second kappa shape index (κ2) is 13.1. The number of carbonyl (C=O) groups excluding carboxylic acids is 2. The maximum atomic E-state index is 13.5. The first-order valence-corrected chi connectivity index (χ1v) is 14.3. The van der Waals surface area contributed by atoms with Crippen LogP contribution < -0.4 is 5.32 Å². The Morgan fingerprint density at radius 1 is 1.12 bits per heavy atom. The van der Waals surface area contributed by atoms with Gasteiger partial charge >= 0.3 is 6.09 Å². The van der Waals surface area contributed by atoms with Gasteiger partial charge in [-0.1, -0.05) is 6.08 Å². The summed E-state index contributed by atoms with van der Waals surface area (Å²) in [6.07, 6.45) is 6.27. The number of fused-ring (bicyclic) bond motifs is 1. The summed E-state index contributed by atoms with van der Waals surface area (Å²) in [5.41, 5.74) is 4.30. The van der Waals surface area contributed by atoms with E-state index in [9.17, 15) is 9.59 Å². The zero-order valence-electron chi connectivity index (χ0n) is 24.1. The van der Waals surface area contributed by atoms with Crippen molar-refractivity contribution in [2.24, 2.45) is 0 Å². The molecule has 41 heavy (non-hydrogen) atoms. The maximum Gasteiger partial charge on any atom is 0.410 e. The van der Waals surface area contributed by atoms with Crippen molar-refractivity contribution in [1.29, 1.82) is 0 Å². The van der Waals surface area contributed by atoms with Gasteiger partial charge in [0.2, 0.25) is 5.95 Å². The maximum absolute atomic E-state index is 13.5. The number of methoxy groups -OCH3 is 1. The first-order valence-electron chi connectivity index (χ1n) is 14.3. The summed E-state index contributed by atoms with van der Waals surface area (Å²) in [5.74, 6) is 0.495. The molecule has 3 aromatic rings. The van der Waals surface area contributed by atoms with Crippen LogP contribution in [0.1, 0.15) is 42.1 Å². The zero-order valence-corrected chi connectivity index (χ0v) is 24.1. The molecule has 0 bridgehead atoms. The van der Waals surface area contributed by atoms with Gasteiger partial charge in [-0.2, -0.15) is 4.98 Å². The van der Waals surface area contributed by atoms with Crippen molar-refractivity contribution in [3.05, 3.63) is 59.8 Å². The lowest BCUT2D eigenvalue weighted by atomic mass is 10.0. The van der Waals surface area contributed by atoms with E-state index in [0.29, 0.717) is 50.8 Å². The normalized spacial score (nSPS) is 16.5. The highest BCUT2D eigenvalue weighted by Crippen LogP contribution is 2.27. The fraction of sp³-hybridized carbons (Fsp3) is 0.467. The predicted molar refractivity (Wildman–Crippen MR) is 157 cm³/mol. The lowest BCUT2D eigenvalue weighted by Gasteiger charge is -2.37. The standard InChI is InChI=1S/C30H39N7O4/c1-4-41-30(39)35-18-11-22(12-19-35)26-6-5-15-37-27(26)32-29(33-37)31-24-9-7-23(8-10-24)28(38)36(20-21-40-3)25-13-16-34(2)17-14-25/h5-11,15,25H,4,12-14,16-21H2,1-3H3,(H,31,33). The molecule has 2 aliphatic heterocycles. The molecule has 1 aromatic carbocycles. The molecule has 2 amide bonds. The van der Waals surface area contributed by atoms with Crippen LogP contribution in [0.15, 0.2) is 48.7 Å². The fourth-order valence-electron chi connectivity index (χ4n) is 5.44. The van der Waals surface area contributed by atoms with Crippen LogP contribution in [0.2, 0.25) is 0 Å². The minimum absolute atomic E-state index is 0.0286. The van der Waals surface area contributed by atoms with Gasteiger partial charge in [0.05, 0.1) is 13.2 Å². The first kappa shape index (κ1) is 28.6. The molecule has 0 unspecified atom stereocenters. The Hall–Kier alpha value is -3.96. The van der Waals surface area contributed by atoms with Gasteiger partial charge in [0.1, 0.15) is 0 Å². The van der Waals surface area contributed by atoms with Crippen LogP contribution in [-0.4, -0.2) is 107 Å². The molecule has 218 valence electrons. The van der Waals surface area contributed by atoms with Gasteiger partial charge in [0.25, 0.3) is 5.91 Å². The molecule has 4 heterocycles. The highest BCUT2D eigenvalue weighted by molar-refractivity contribution is 5.95. The number of ether oxygens (including phenoxy) is 2. The Morgan fingerprint density at radius 2 is 1.90 bits per heavy atom. The number of likely N-dealkylation sites (tertiary alicyclic amines) is 1. The van der Waals surface area contributed by atoms with Gasteiger partial charge in [0, 0.05) is 55.8 Å². The highest BCUT2D eigenvalue weighted by atomic mass is 16.6. The van der Waals surface area contributed by atoms with E-state index in [2.05, 4.69) is 28.4 Å². The molecular formula is C30H39N7O4. The number of nitrogens with one attached hydrogen (secondary N) is 1. The molecule has 5 rings (SSSR count). The van der Waals surface area contributed by atoms with Gasteiger partial charge in [-0.3, -0.25) is 4.79 Å². The monoisotopic (exact) mass is 561 g/mol. The summed E-state index contributed by atoms with van der Waals surface area (Å²) in [6.45, 7) is 6.34. The number of nitrogens with zero attached hydrogens (tertiary/aromatic N) is 6. The van der Waals surface area contributed by atoms with Crippen LogP contribution in [0.3, 0.4) is 0 Å². The van der Waals surface area contributed by atoms with Gasteiger partial charge in [-0.05, 0) is 88.3 Å². The van der Waals surface area contributed by atoms with Crippen LogP contribution in [0.25, 0.3) is 11.2 Å². The summed E-state index contributed by atoms with van der Waals surface area (Å²) < 4.78 is 12.2. The number of pyridine rings is 1. The number of anilines is 2. The molecule has 2 aromatic heterocycles. The lowest BCUT2D eigenvalue weighted by Crippen LogP contribution is -2.47. The molecule has 0 radical (unpaired) electrons. The molecule has 1 fully saturated rings. The van der Waals surface area contributed by atoms with Gasteiger partial charge in [0.15, 0.2) is 5.65 Å². The molecule has 0 saturated carbocycles. The summed E-state index contributed by atoms with van der Waals surface area (Å²) in [5, 5.41) is 7.88. The molecular weight excluding hydrogens is 522 g/mol. The van der Waals surface area contributed by atoms with Crippen LogP contribution in [0, 0.1) is 0 Å². The van der Waals surface area contributed by atoms with E-state index in [1.54, 1.807) is 16.5 Å². The molecule has 11 heteroatoms. The summed E-state index contributed by atoms with van der Waals surface area (Å²) >= 11 is 0. The van der Waals surface area contributed by atoms with Crippen molar-refractivity contribution in [1.82, 2.24) is 29.3 Å². The Kier molecular flexibility index (Phi) is 9.15. The molecule has 2 aliphatic rings. The first-order chi connectivity index (χ1) is 20.0. The second-order valence-corrected chi connectivity index (χ2v) is 10.5. The Balaban J connectivity index is 1.28. The van der Waals surface area contributed by atoms with Crippen LogP contribution >= 0.6 is 0 Å². The van der Waals surface area contributed by atoms with Crippen molar-refractivity contribution in [2.75, 3.05) is 65.4 Å². The van der Waals surface area contributed by atoms with Gasteiger partial charge in [-0.25, -0.2) is 9.31 Å². The number of hydrogen-bond donors (Lipinski definition) is 1. The van der Waals surface area contributed by atoms with Crippen molar-refractivity contribution in [2.45, 2.75) is 32.2 Å². The summed E-state index contributed by atoms with van der Waals surface area (Å²) in [7, 11) is 3.79. The molecule has 11 nitrogen and oxygen atoms in total. The number of carbonyl (C=O) groups is 2. The average molecular weight is 562 g/mol.